The minimum atomic E-state index is -3.59. The van der Waals surface area contributed by atoms with Crippen molar-refractivity contribution in [3.8, 4) is 0 Å². The number of fused-ring (bicyclic) bond motifs is 1. The van der Waals surface area contributed by atoms with Crippen molar-refractivity contribution in [3.05, 3.63) is 60.3 Å². The van der Waals surface area contributed by atoms with Gasteiger partial charge in [0.2, 0.25) is 10.0 Å². The van der Waals surface area contributed by atoms with Crippen LogP contribution in [-0.2, 0) is 10.0 Å². The van der Waals surface area contributed by atoms with Gasteiger partial charge < -0.3 is 10.3 Å². The van der Waals surface area contributed by atoms with E-state index in [0.29, 0.717) is 11.3 Å². The second kappa shape index (κ2) is 6.02. The molecule has 4 rings (SSSR count). The lowest BCUT2D eigenvalue weighted by molar-refractivity contribution is 0.102. The lowest BCUT2D eigenvalue weighted by atomic mass is 10.2. The van der Waals surface area contributed by atoms with E-state index in [2.05, 4.69) is 15.0 Å². The maximum atomic E-state index is 12.6. The average Bonchev–Trinajstić information content (AvgIpc) is 3.26. The third-order valence-electron chi connectivity index (χ3n) is 4.15. The van der Waals surface area contributed by atoms with Crippen LogP contribution < -0.4 is 10.0 Å². The van der Waals surface area contributed by atoms with Gasteiger partial charge in [-0.25, -0.2) is 13.1 Å². The molecule has 0 saturated heterocycles. The van der Waals surface area contributed by atoms with Crippen molar-refractivity contribution in [2.45, 2.75) is 23.8 Å². The smallest absolute Gasteiger partial charge is 0.255 e. The Morgan fingerprint density at radius 2 is 1.88 bits per heavy atom. The van der Waals surface area contributed by atoms with Crippen LogP contribution in [0, 0.1) is 0 Å². The van der Waals surface area contributed by atoms with Gasteiger partial charge in [0.15, 0.2) is 0 Å². The van der Waals surface area contributed by atoms with Gasteiger partial charge in [-0.3, -0.25) is 4.79 Å². The molecule has 1 aliphatic rings. The summed E-state index contributed by atoms with van der Waals surface area (Å²) in [4.78, 5) is 15.7. The molecule has 0 atom stereocenters. The third-order valence-corrected chi connectivity index (χ3v) is 5.67. The number of anilines is 1. The number of carbonyl (C=O) groups is 1. The van der Waals surface area contributed by atoms with Gasteiger partial charge in [0.05, 0.1) is 10.6 Å². The van der Waals surface area contributed by atoms with Crippen LogP contribution in [0.5, 0.6) is 0 Å². The van der Waals surface area contributed by atoms with Gasteiger partial charge in [0.1, 0.15) is 0 Å². The SMILES string of the molecule is O=C(Nc1cccc2[nH]ccc12)c1cccc(S(=O)(=O)NC2CC2)c1. The first-order valence-corrected chi connectivity index (χ1v) is 9.51. The monoisotopic (exact) mass is 355 g/mol. The Bertz CT molecular complexity index is 1050. The topological polar surface area (TPSA) is 91.1 Å². The molecule has 7 heteroatoms. The zero-order valence-corrected chi connectivity index (χ0v) is 14.1. The molecule has 1 saturated carbocycles. The Balaban J connectivity index is 1.60. The van der Waals surface area contributed by atoms with Gasteiger partial charge in [0, 0.05) is 28.7 Å². The van der Waals surface area contributed by atoms with Gasteiger partial charge in [-0.05, 0) is 49.2 Å². The van der Waals surface area contributed by atoms with Crippen LogP contribution in [0.2, 0.25) is 0 Å². The quantitative estimate of drug-likeness (QED) is 0.657. The average molecular weight is 355 g/mol. The van der Waals surface area contributed by atoms with E-state index in [1.165, 1.54) is 12.1 Å². The van der Waals surface area contributed by atoms with Crippen molar-refractivity contribution in [3.63, 3.8) is 0 Å². The summed E-state index contributed by atoms with van der Waals surface area (Å²) in [6.45, 7) is 0. The van der Waals surface area contributed by atoms with E-state index in [0.717, 1.165) is 23.7 Å². The predicted octanol–water partition coefficient (Wildman–Crippen LogP) is 2.86. The fourth-order valence-corrected chi connectivity index (χ4v) is 4.03. The fraction of sp³-hybridized carbons (Fsp3) is 0.167. The summed E-state index contributed by atoms with van der Waals surface area (Å²) >= 11 is 0. The molecule has 2 aromatic carbocycles. The van der Waals surface area contributed by atoms with Crippen molar-refractivity contribution in [1.29, 1.82) is 0 Å². The molecule has 6 nitrogen and oxygen atoms in total. The van der Waals surface area contributed by atoms with Crippen molar-refractivity contribution in [1.82, 2.24) is 9.71 Å². The molecular formula is C18H17N3O3S. The number of sulfonamides is 1. The Labute approximate surface area is 145 Å². The first-order chi connectivity index (χ1) is 12.0. The van der Waals surface area contributed by atoms with Crippen LogP contribution in [0.4, 0.5) is 5.69 Å². The van der Waals surface area contributed by atoms with Gasteiger partial charge in [-0.2, -0.15) is 0 Å². The number of nitrogens with one attached hydrogen (secondary N) is 3. The summed E-state index contributed by atoms with van der Waals surface area (Å²) in [5.74, 6) is -0.350. The van der Waals surface area contributed by atoms with Crippen molar-refractivity contribution < 1.29 is 13.2 Å². The summed E-state index contributed by atoms with van der Waals surface area (Å²) in [6.07, 6.45) is 3.53. The Morgan fingerprint density at radius 1 is 1.08 bits per heavy atom. The molecule has 1 heterocycles. The highest BCUT2D eigenvalue weighted by Gasteiger charge is 2.28. The number of benzene rings is 2. The van der Waals surface area contributed by atoms with E-state index >= 15 is 0 Å². The zero-order valence-electron chi connectivity index (χ0n) is 13.3. The number of aromatic amines is 1. The summed E-state index contributed by atoms with van der Waals surface area (Å²) in [5.41, 5.74) is 1.89. The summed E-state index contributed by atoms with van der Waals surface area (Å²) in [5, 5.41) is 3.74. The molecule has 0 unspecified atom stereocenters. The predicted molar refractivity (Wildman–Crippen MR) is 96.0 cm³/mol. The second-order valence-electron chi connectivity index (χ2n) is 6.12. The van der Waals surface area contributed by atoms with E-state index in [4.69, 9.17) is 0 Å². The van der Waals surface area contributed by atoms with E-state index < -0.39 is 10.0 Å². The van der Waals surface area contributed by atoms with E-state index in [1.807, 2.05) is 24.3 Å². The van der Waals surface area contributed by atoms with Crippen LogP contribution in [0.1, 0.15) is 23.2 Å². The Hall–Kier alpha value is -2.64. The molecule has 0 spiro atoms. The molecule has 25 heavy (non-hydrogen) atoms. The third kappa shape index (κ3) is 3.29. The number of carbonyl (C=O) groups excluding carboxylic acids is 1. The number of rotatable bonds is 5. The summed E-state index contributed by atoms with van der Waals surface area (Å²) < 4.78 is 27.2. The van der Waals surface area contributed by atoms with Crippen LogP contribution in [0.3, 0.4) is 0 Å². The minimum absolute atomic E-state index is 0.0219. The van der Waals surface area contributed by atoms with Crippen molar-refractivity contribution in [2.24, 2.45) is 0 Å². The Kier molecular flexibility index (Phi) is 3.82. The highest BCUT2D eigenvalue weighted by Crippen LogP contribution is 2.24. The van der Waals surface area contributed by atoms with E-state index in [1.54, 1.807) is 18.3 Å². The van der Waals surface area contributed by atoms with Gasteiger partial charge in [-0.15, -0.1) is 0 Å². The molecule has 1 aromatic heterocycles. The van der Waals surface area contributed by atoms with Crippen LogP contribution in [0.25, 0.3) is 10.9 Å². The van der Waals surface area contributed by atoms with Crippen molar-refractivity contribution in [2.75, 3.05) is 5.32 Å². The lowest BCUT2D eigenvalue weighted by Gasteiger charge is -2.09. The fourth-order valence-electron chi connectivity index (χ4n) is 2.68. The molecule has 1 aliphatic carbocycles. The number of hydrogen-bond acceptors (Lipinski definition) is 3. The first kappa shape index (κ1) is 15.9. The second-order valence-corrected chi connectivity index (χ2v) is 7.84. The standard InChI is InChI=1S/C18H17N3O3S/c22-18(20-17-6-2-5-16-15(17)9-10-19-16)12-3-1-4-14(11-12)25(23,24)21-13-7-8-13/h1-6,9-11,13,19,21H,7-8H2,(H,20,22). The molecule has 3 N–H and O–H groups in total. The maximum absolute atomic E-state index is 12.6. The highest BCUT2D eigenvalue weighted by molar-refractivity contribution is 7.89. The lowest BCUT2D eigenvalue weighted by Crippen LogP contribution is -2.26. The molecule has 0 aliphatic heterocycles. The van der Waals surface area contributed by atoms with Gasteiger partial charge in [0.25, 0.3) is 5.91 Å². The summed E-state index contributed by atoms with van der Waals surface area (Å²) in [7, 11) is -3.59. The largest absolute Gasteiger partial charge is 0.361 e. The minimum Gasteiger partial charge on any atom is -0.361 e. The first-order valence-electron chi connectivity index (χ1n) is 8.03. The normalized spacial score (nSPS) is 14.6. The maximum Gasteiger partial charge on any atom is 0.255 e. The zero-order chi connectivity index (χ0) is 17.4. The van der Waals surface area contributed by atoms with E-state index in [-0.39, 0.29) is 16.8 Å². The van der Waals surface area contributed by atoms with Crippen LogP contribution >= 0.6 is 0 Å². The van der Waals surface area contributed by atoms with Gasteiger partial charge >= 0.3 is 0 Å². The number of aromatic nitrogens is 1. The van der Waals surface area contributed by atoms with Crippen LogP contribution in [0.15, 0.2) is 59.6 Å². The molecule has 1 amide bonds. The molecule has 1 fully saturated rings. The van der Waals surface area contributed by atoms with Crippen LogP contribution in [-0.4, -0.2) is 25.4 Å². The van der Waals surface area contributed by atoms with Gasteiger partial charge in [-0.1, -0.05) is 12.1 Å². The molecule has 128 valence electrons. The van der Waals surface area contributed by atoms with E-state index in [9.17, 15) is 13.2 Å². The molecule has 0 bridgehead atoms. The molecule has 3 aromatic rings. The summed E-state index contributed by atoms with van der Waals surface area (Å²) in [6, 6.07) is 13.5. The van der Waals surface area contributed by atoms with Crippen molar-refractivity contribution >= 4 is 32.5 Å². The highest BCUT2D eigenvalue weighted by atomic mass is 32.2. The Morgan fingerprint density at radius 3 is 2.68 bits per heavy atom. The number of amides is 1. The number of hydrogen-bond donors (Lipinski definition) is 3. The molecular weight excluding hydrogens is 338 g/mol. The number of H-pyrrole nitrogens is 1. The molecule has 0 radical (unpaired) electrons.